The monoisotopic (exact) mass is 896 g/mol. The van der Waals surface area contributed by atoms with Crippen molar-refractivity contribution in [1.29, 1.82) is 0 Å². The molecule has 4 atom stereocenters. The Morgan fingerprint density at radius 1 is 0.655 bits per heavy atom. The highest BCUT2D eigenvalue weighted by Crippen LogP contribution is 2.16. The zero-order valence-electron chi connectivity index (χ0n) is 71.6. The maximum Gasteiger partial charge on any atom is 0.410 e. The van der Waals surface area contributed by atoms with Crippen LogP contribution in [0.5, 0.6) is 0 Å². The molecule has 15 nitrogen and oxygen atoms in total. The molecule has 58 heavy (non-hydrogen) atoms. The summed E-state index contributed by atoms with van der Waals surface area (Å²) in [5.41, 5.74) is 0.459. The normalized spacial score (nSPS) is 15.2. The number of hydrogen-bond acceptors (Lipinski definition) is 12. The highest BCUT2D eigenvalue weighted by atomic mass is 16.6. The molecule has 2 rings (SSSR count). The predicted octanol–water partition coefficient (Wildman–Crippen LogP) is 12.2. The second-order valence-corrected chi connectivity index (χ2v) is 15.1. The second-order valence-electron chi connectivity index (χ2n) is 15.1. The highest BCUT2D eigenvalue weighted by Gasteiger charge is 2.33. The van der Waals surface area contributed by atoms with Crippen LogP contribution in [0.15, 0.2) is 60.7 Å². The van der Waals surface area contributed by atoms with Crippen LogP contribution >= 0.6 is 0 Å². The van der Waals surface area contributed by atoms with Crippen molar-refractivity contribution in [1.82, 2.24) is 9.80 Å². The number of esters is 3. The number of hydrogen-bond donors (Lipinski definition) is 2. The van der Waals surface area contributed by atoms with Crippen molar-refractivity contribution in [3.8, 4) is 0 Å². The van der Waals surface area contributed by atoms with Crippen molar-refractivity contribution in [2.45, 2.75) is 151 Å². The van der Waals surface area contributed by atoms with E-state index in [0.717, 1.165) is 16.0 Å². The third kappa shape index (κ3) is 23.8. The zero-order chi connectivity index (χ0) is 79.9. The number of carbonyl (C=O) groups is 6. The van der Waals surface area contributed by atoms with Crippen LogP contribution in [0.2, 0.25) is 0 Å². The van der Waals surface area contributed by atoms with Crippen molar-refractivity contribution >= 4 is 36.1 Å². The first-order valence-corrected chi connectivity index (χ1v) is 18.9. The number of aliphatic hydroxyl groups is 1. The van der Waals surface area contributed by atoms with E-state index in [9.17, 15) is 28.8 Å². The molecule has 0 aliphatic heterocycles. The van der Waals surface area contributed by atoms with E-state index < -0.39 is 71.6 Å². The molecule has 0 bridgehead atoms. The number of carboxylic acids is 1. The lowest BCUT2D eigenvalue weighted by Crippen LogP contribution is -2.46. The SMILES string of the molecule is C.CCC[C@@H](C(=O)O)N(C)C(=O)OC(C)(C)C.CCC[C@@H](C(=O)O[C@H](C)C(=O)OCc1ccccc1)N(C)C(=O)OC(C)(C)C.C[C@H](O)C(=O)OCc1ccccc1.[2HH].[2H][2H].[2H][2H].[2H][2H].[2H][2H].[2H][2H].[2H][2H].[2H][2H].[2H][2H].[2H][2H].[2H][2H].[2H][2H].[2H][2H].[2H][2H].[2H][2H].[2H][2H].[2H][2H].[2H][2H].[2H][2H]. The van der Waals surface area contributed by atoms with E-state index in [0.29, 0.717) is 25.7 Å². The van der Waals surface area contributed by atoms with Crippen molar-refractivity contribution in [3.63, 3.8) is 0 Å². The molecule has 0 saturated carbocycles. The molecule has 2 N–H and O–H groups in total. The van der Waals surface area contributed by atoms with Crippen LogP contribution < -0.4 is 0 Å². The number of aliphatic carboxylic acids is 1. The first-order valence-electron chi connectivity index (χ1n) is 36.9. The summed E-state index contributed by atoms with van der Waals surface area (Å²) in [5.74, 6) is -2.91. The van der Waals surface area contributed by atoms with Gasteiger partial charge in [0.25, 0.3) is 0 Å². The Morgan fingerprint density at radius 2 is 1.02 bits per heavy atom. The summed E-state index contributed by atoms with van der Waals surface area (Å²) >= 11 is 0. The van der Waals surface area contributed by atoms with E-state index in [1.54, 1.807) is 41.5 Å². The molecule has 0 radical (unpaired) electrons. The molecule has 15 heteroatoms. The number of amides is 2. The third-order valence-electron chi connectivity index (χ3n) is 7.39. The minimum Gasteiger partial charge on any atom is -0.480 e. The van der Waals surface area contributed by atoms with Crippen LogP contribution in [0.25, 0.3) is 0 Å². The quantitative estimate of drug-likeness (QED) is 0.127. The fourth-order valence-corrected chi connectivity index (χ4v) is 4.42. The van der Waals surface area contributed by atoms with Gasteiger partial charge in [0.15, 0.2) is 6.10 Å². The average Bonchev–Trinajstić information content (AvgIpc) is 0.910. The standard InChI is InChI=1S/C21H31NO6.C11H21NO4.C10H12O3.CH4.19H2/c1-7-11-17(22(6)20(25)28-21(3,4)5)19(24)27-15(2)18(23)26-14-16-12-9-8-10-13-16;1-6-7-8(9(13)14)12(5)10(15)16-11(2,3)4;1-8(11)10(12)13-7-9-5-3-2-4-6-9;;;;;;;;;;;;;;;;;;;;/h8-10,12-13,15,17H,7,11,14H2,1-6H3;8H,6-7H2,1-5H3,(H,13,14);2-6,8,11H,7H2,1H3;1H4;19*1H/t15-,17+;2*8-;;;;;;;;;;;;;;;;;;;;/m100..................../s1/i;;;;18*1+1D;1+1. The Hall–Kier alpha value is -5.18. The van der Waals surface area contributed by atoms with Gasteiger partial charge in [-0.05, 0) is 79.4 Å². The zero-order valence-corrected chi connectivity index (χ0v) is 35.6. The summed E-state index contributed by atoms with van der Waals surface area (Å²) in [7, 11) is 2.93. The molecule has 2 amide bonds. The Bertz CT molecular complexity index is 1610. The van der Waals surface area contributed by atoms with Crippen LogP contribution in [0.3, 0.4) is 0 Å². The average molecular weight is 897 g/mol. The Kier molecular flexibility index (Phi) is 14.2. The summed E-state index contributed by atoms with van der Waals surface area (Å²) in [6, 6.07) is 16.9. The summed E-state index contributed by atoms with van der Waals surface area (Å²) in [6.07, 6.45) is -1.20. The van der Waals surface area contributed by atoms with Crippen LogP contribution in [0, 0.1) is 0 Å². The third-order valence-corrected chi connectivity index (χ3v) is 7.39. The number of nitrogens with zero attached hydrogens (tertiary/aromatic N) is 2. The molecule has 0 saturated heterocycles. The molecule has 0 aromatic heterocycles. The van der Waals surface area contributed by atoms with Gasteiger partial charge < -0.3 is 33.9 Å². The van der Waals surface area contributed by atoms with Gasteiger partial charge >= 0.3 is 36.1 Å². The van der Waals surface area contributed by atoms with Gasteiger partial charge in [-0.2, -0.15) is 0 Å². The number of carbonyl (C=O) groups excluding carboxylic acids is 5. The lowest BCUT2D eigenvalue weighted by molar-refractivity contribution is -0.170. The summed E-state index contributed by atoms with van der Waals surface area (Å²) in [4.78, 5) is 72.7. The van der Waals surface area contributed by atoms with Crippen molar-refractivity contribution in [2.24, 2.45) is 0 Å². The number of benzene rings is 2. The van der Waals surface area contributed by atoms with E-state index in [1.807, 2.05) is 74.5 Å². The minimum atomic E-state index is -1.08. The van der Waals surface area contributed by atoms with Gasteiger partial charge in [-0.3, -0.25) is 9.80 Å². The van der Waals surface area contributed by atoms with E-state index in [1.165, 1.54) is 32.8 Å². The van der Waals surface area contributed by atoms with Gasteiger partial charge in [0, 0.05) is 69.0 Å². The van der Waals surface area contributed by atoms with Crippen molar-refractivity contribution < 1.29 is 118 Å². The predicted molar refractivity (Wildman–Crippen MR) is 260 cm³/mol. The van der Waals surface area contributed by atoms with Gasteiger partial charge in [0.1, 0.15) is 42.6 Å². The largest absolute Gasteiger partial charge is 0.480 e. The first kappa shape index (κ1) is 29.9. The van der Waals surface area contributed by atoms with E-state index in [-0.39, 0.29) is 22.1 Å². The summed E-state index contributed by atoms with van der Waals surface area (Å²) in [6.45, 7) is 17.4. The molecule has 0 fully saturated rings. The van der Waals surface area contributed by atoms with Crippen LogP contribution in [-0.4, -0.2) is 106 Å². The highest BCUT2D eigenvalue weighted by molar-refractivity contribution is 5.84. The first-order chi connectivity index (χ1) is 44.4. The molecule has 0 unspecified atom stereocenters. The van der Waals surface area contributed by atoms with Gasteiger partial charge in [-0.15, -0.1) is 0 Å². The smallest absolute Gasteiger partial charge is 0.410 e. The summed E-state index contributed by atoms with van der Waals surface area (Å²) in [5, 5.41) is 17.8. The molecule has 2 aromatic carbocycles. The maximum absolute atomic E-state index is 12.6. The summed E-state index contributed by atoms with van der Waals surface area (Å²) < 4.78 is 206. The van der Waals surface area contributed by atoms with Gasteiger partial charge in [-0.1, -0.05) is 94.8 Å². The second kappa shape index (κ2) is 27.5. The fourth-order valence-electron chi connectivity index (χ4n) is 4.42. The van der Waals surface area contributed by atoms with Crippen LogP contribution in [-0.2, 0) is 56.1 Å². The van der Waals surface area contributed by atoms with Gasteiger partial charge in [-0.25, -0.2) is 28.8 Å². The number of rotatable bonds is 15. The molecule has 0 aliphatic carbocycles. The molecule has 0 aliphatic rings. The molecule has 0 heterocycles. The molecule has 0 spiro atoms. The van der Waals surface area contributed by atoms with Crippen molar-refractivity contribution in [2.75, 3.05) is 14.1 Å². The minimum absolute atomic E-state index is 0. The Morgan fingerprint density at radius 3 is 1.36 bits per heavy atom. The van der Waals surface area contributed by atoms with Gasteiger partial charge in [0.2, 0.25) is 0 Å². The van der Waals surface area contributed by atoms with Gasteiger partial charge in [0.05, 0.1) is 0 Å². The van der Waals surface area contributed by atoms with Crippen LogP contribution in [0.4, 0.5) is 9.59 Å². The number of likely N-dealkylation sites (N-methyl/N-ethyl adjacent to an activating group) is 2. The maximum atomic E-state index is 12.6. The number of carboxylic acid groups (broad SMARTS) is 1. The van der Waals surface area contributed by atoms with E-state index >= 15 is 0 Å². The lowest BCUT2D eigenvalue weighted by Gasteiger charge is -2.29. The molecule has 2 aromatic rings. The molecule has 366 valence electrons. The lowest BCUT2D eigenvalue weighted by atomic mass is 10.1. The van der Waals surface area contributed by atoms with Crippen LogP contribution in [0.1, 0.15) is 168 Å². The number of ether oxygens (including phenoxy) is 5. The van der Waals surface area contributed by atoms with E-state index in [4.69, 9.17) is 87.4 Å². The Balaban J connectivity index is -0.0000000374. The Labute approximate surface area is 401 Å². The van der Waals surface area contributed by atoms with Crippen molar-refractivity contribution in [3.05, 3.63) is 71.8 Å². The molecular weight excluding hydrogens is 752 g/mol. The number of aliphatic hydroxyl groups excluding tert-OH is 1. The fraction of sp³-hybridized carbons (Fsp3) is 0.581. The van der Waals surface area contributed by atoms with E-state index in [2.05, 4.69) is 0 Å². The molecular formula is C43H106N2O13. The topological polar surface area (TPSA) is 196 Å².